The van der Waals surface area contributed by atoms with Crippen molar-refractivity contribution in [3.8, 4) is 0 Å². The summed E-state index contributed by atoms with van der Waals surface area (Å²) in [6.07, 6.45) is 1.81. The topological polar surface area (TPSA) is 55.9 Å². The quantitative estimate of drug-likeness (QED) is 0.617. The number of hydrazine groups is 1. The van der Waals surface area contributed by atoms with Crippen LogP contribution in [0.1, 0.15) is 36.8 Å². The van der Waals surface area contributed by atoms with Gasteiger partial charge in [0.15, 0.2) is 0 Å². The summed E-state index contributed by atoms with van der Waals surface area (Å²) < 4.78 is 2.03. The number of aryl methyl sites for hydroxylation is 2. The monoisotopic (exact) mass is 258 g/mol. The maximum atomic E-state index is 5.74. The van der Waals surface area contributed by atoms with Gasteiger partial charge >= 0.3 is 0 Å². The van der Waals surface area contributed by atoms with Crippen LogP contribution in [0.3, 0.4) is 0 Å². The number of nitrogens with two attached hydrogens (primary N) is 1. The SMILES string of the molecule is CCc1cc(C(Cc2ccccc2)NN)n(CC)n1. The molecule has 4 heteroatoms. The summed E-state index contributed by atoms with van der Waals surface area (Å²) in [5.41, 5.74) is 6.46. The molecule has 1 aromatic carbocycles. The molecule has 0 saturated heterocycles. The Labute approximate surface area is 114 Å². The zero-order valence-electron chi connectivity index (χ0n) is 11.6. The minimum atomic E-state index is 0.0927. The molecule has 0 radical (unpaired) electrons. The third kappa shape index (κ3) is 3.22. The van der Waals surface area contributed by atoms with Crippen LogP contribution in [0.15, 0.2) is 36.4 Å². The van der Waals surface area contributed by atoms with Crippen molar-refractivity contribution in [2.45, 2.75) is 39.3 Å². The van der Waals surface area contributed by atoms with E-state index >= 15 is 0 Å². The molecule has 102 valence electrons. The first-order chi connectivity index (χ1) is 9.28. The second-order valence-corrected chi connectivity index (χ2v) is 4.64. The lowest BCUT2D eigenvalue weighted by Gasteiger charge is -2.17. The first-order valence-corrected chi connectivity index (χ1v) is 6.85. The molecule has 1 heterocycles. The van der Waals surface area contributed by atoms with E-state index < -0.39 is 0 Å². The lowest BCUT2D eigenvalue weighted by Crippen LogP contribution is -2.31. The Bertz CT molecular complexity index is 504. The Morgan fingerprint density at radius 1 is 1.26 bits per heavy atom. The van der Waals surface area contributed by atoms with Crippen molar-refractivity contribution in [3.05, 3.63) is 53.3 Å². The van der Waals surface area contributed by atoms with Crippen molar-refractivity contribution in [1.82, 2.24) is 15.2 Å². The molecule has 2 aromatic rings. The second kappa shape index (κ2) is 6.50. The van der Waals surface area contributed by atoms with E-state index in [-0.39, 0.29) is 6.04 Å². The van der Waals surface area contributed by atoms with Crippen molar-refractivity contribution in [2.75, 3.05) is 0 Å². The summed E-state index contributed by atoms with van der Waals surface area (Å²) in [5, 5.41) is 4.58. The van der Waals surface area contributed by atoms with Crippen LogP contribution in [0, 0.1) is 0 Å². The van der Waals surface area contributed by atoms with Crippen molar-refractivity contribution >= 4 is 0 Å². The van der Waals surface area contributed by atoms with E-state index in [0.717, 1.165) is 30.8 Å². The summed E-state index contributed by atoms with van der Waals surface area (Å²) in [6.45, 7) is 5.09. The van der Waals surface area contributed by atoms with Gasteiger partial charge in [0.2, 0.25) is 0 Å². The molecule has 0 spiro atoms. The van der Waals surface area contributed by atoms with Gasteiger partial charge in [0.05, 0.1) is 17.4 Å². The number of benzene rings is 1. The van der Waals surface area contributed by atoms with Crippen molar-refractivity contribution in [3.63, 3.8) is 0 Å². The smallest absolute Gasteiger partial charge is 0.0669 e. The first-order valence-electron chi connectivity index (χ1n) is 6.85. The lowest BCUT2D eigenvalue weighted by molar-refractivity contribution is 0.490. The maximum Gasteiger partial charge on any atom is 0.0669 e. The maximum absolute atomic E-state index is 5.74. The fourth-order valence-electron chi connectivity index (χ4n) is 2.29. The van der Waals surface area contributed by atoms with E-state index in [0.29, 0.717) is 0 Å². The van der Waals surface area contributed by atoms with Gasteiger partial charge in [-0.25, -0.2) is 0 Å². The summed E-state index contributed by atoms with van der Waals surface area (Å²) >= 11 is 0. The van der Waals surface area contributed by atoms with E-state index in [4.69, 9.17) is 5.84 Å². The Hall–Kier alpha value is -1.65. The first kappa shape index (κ1) is 13.8. The van der Waals surface area contributed by atoms with Gasteiger partial charge in [-0.05, 0) is 31.4 Å². The molecule has 19 heavy (non-hydrogen) atoms. The minimum absolute atomic E-state index is 0.0927. The number of nitrogens with zero attached hydrogens (tertiary/aromatic N) is 2. The molecule has 4 nitrogen and oxygen atoms in total. The van der Waals surface area contributed by atoms with Crippen molar-refractivity contribution in [2.24, 2.45) is 5.84 Å². The van der Waals surface area contributed by atoms with Crippen LogP contribution in [0.25, 0.3) is 0 Å². The molecule has 0 aliphatic heterocycles. The molecule has 0 aliphatic rings. The van der Waals surface area contributed by atoms with Crippen LogP contribution >= 0.6 is 0 Å². The number of rotatable bonds is 6. The Balaban J connectivity index is 2.24. The Morgan fingerprint density at radius 3 is 2.58 bits per heavy atom. The normalized spacial score (nSPS) is 12.6. The molecule has 0 bridgehead atoms. The van der Waals surface area contributed by atoms with E-state index in [1.165, 1.54) is 5.56 Å². The Kier molecular flexibility index (Phi) is 4.71. The highest BCUT2D eigenvalue weighted by Gasteiger charge is 2.16. The average Bonchev–Trinajstić information content (AvgIpc) is 2.89. The molecule has 1 unspecified atom stereocenters. The highest BCUT2D eigenvalue weighted by Crippen LogP contribution is 2.19. The zero-order valence-corrected chi connectivity index (χ0v) is 11.6. The van der Waals surface area contributed by atoms with Gasteiger partial charge in [0.25, 0.3) is 0 Å². The predicted molar refractivity (Wildman–Crippen MR) is 77.5 cm³/mol. The third-order valence-corrected chi connectivity index (χ3v) is 3.36. The molecule has 0 fully saturated rings. The molecule has 0 amide bonds. The van der Waals surface area contributed by atoms with E-state index in [2.05, 4.69) is 54.7 Å². The van der Waals surface area contributed by atoms with E-state index in [9.17, 15) is 0 Å². The highest BCUT2D eigenvalue weighted by molar-refractivity contribution is 5.21. The largest absolute Gasteiger partial charge is 0.271 e. The molecule has 1 atom stereocenters. The van der Waals surface area contributed by atoms with Crippen LogP contribution in [-0.2, 0) is 19.4 Å². The van der Waals surface area contributed by atoms with Crippen LogP contribution in [0.2, 0.25) is 0 Å². The number of hydrogen-bond donors (Lipinski definition) is 2. The van der Waals surface area contributed by atoms with Crippen molar-refractivity contribution < 1.29 is 0 Å². The van der Waals surface area contributed by atoms with Gasteiger partial charge in [0, 0.05) is 6.54 Å². The summed E-state index contributed by atoms with van der Waals surface area (Å²) in [5.74, 6) is 5.74. The summed E-state index contributed by atoms with van der Waals surface area (Å²) in [6, 6.07) is 12.6. The molecule has 1 aromatic heterocycles. The third-order valence-electron chi connectivity index (χ3n) is 3.36. The predicted octanol–water partition coefficient (Wildman–Crippen LogP) is 2.21. The van der Waals surface area contributed by atoms with Gasteiger partial charge in [-0.1, -0.05) is 37.3 Å². The summed E-state index contributed by atoms with van der Waals surface area (Å²) in [4.78, 5) is 0. The number of nitrogens with one attached hydrogen (secondary N) is 1. The molecule has 3 N–H and O–H groups in total. The van der Waals surface area contributed by atoms with Gasteiger partial charge in [0.1, 0.15) is 0 Å². The average molecular weight is 258 g/mol. The summed E-state index contributed by atoms with van der Waals surface area (Å²) in [7, 11) is 0. The second-order valence-electron chi connectivity index (χ2n) is 4.64. The minimum Gasteiger partial charge on any atom is -0.271 e. The zero-order chi connectivity index (χ0) is 13.7. The van der Waals surface area contributed by atoms with Gasteiger partial charge < -0.3 is 0 Å². The van der Waals surface area contributed by atoms with Crippen molar-refractivity contribution in [1.29, 1.82) is 0 Å². The lowest BCUT2D eigenvalue weighted by atomic mass is 10.0. The van der Waals surface area contributed by atoms with Crippen LogP contribution < -0.4 is 11.3 Å². The molecular weight excluding hydrogens is 236 g/mol. The fraction of sp³-hybridized carbons (Fsp3) is 0.400. The van der Waals surface area contributed by atoms with Gasteiger partial charge in [-0.2, -0.15) is 5.10 Å². The fourth-order valence-corrected chi connectivity index (χ4v) is 2.29. The Morgan fingerprint density at radius 2 is 2.00 bits per heavy atom. The number of hydrogen-bond acceptors (Lipinski definition) is 3. The standard InChI is InChI=1S/C15H22N4/c1-3-13-11-15(19(4-2)18-13)14(17-16)10-12-8-6-5-7-9-12/h5-9,11,14,17H,3-4,10,16H2,1-2H3. The van der Waals surface area contributed by atoms with Crippen LogP contribution in [0.5, 0.6) is 0 Å². The number of aromatic nitrogens is 2. The van der Waals surface area contributed by atoms with Gasteiger partial charge in [-0.3, -0.25) is 16.0 Å². The van der Waals surface area contributed by atoms with Crippen LogP contribution in [0.4, 0.5) is 0 Å². The van der Waals surface area contributed by atoms with E-state index in [1.807, 2.05) is 10.7 Å². The van der Waals surface area contributed by atoms with Gasteiger partial charge in [-0.15, -0.1) is 0 Å². The molecule has 0 saturated carbocycles. The van der Waals surface area contributed by atoms with Crippen LogP contribution in [-0.4, -0.2) is 9.78 Å². The molecular formula is C15H22N4. The molecule has 0 aliphatic carbocycles. The molecule has 2 rings (SSSR count). The highest BCUT2D eigenvalue weighted by atomic mass is 15.3. The van der Waals surface area contributed by atoms with E-state index in [1.54, 1.807) is 0 Å².